The zero-order valence-corrected chi connectivity index (χ0v) is 11.8. The minimum Gasteiger partial charge on any atom is -0.496 e. The number of hydrogen-bond acceptors (Lipinski definition) is 6. The second-order valence-corrected chi connectivity index (χ2v) is 4.85. The zero-order valence-electron chi connectivity index (χ0n) is 11.8. The molecule has 21 heavy (non-hydrogen) atoms. The molecule has 0 bridgehead atoms. The molecule has 1 amide bonds. The largest absolute Gasteiger partial charge is 0.496 e. The number of carbonyl (C=O) groups is 1. The lowest BCUT2D eigenvalue weighted by atomic mass is 10.1. The number of carbonyl (C=O) groups excluding carboxylic acids is 1. The number of benzene rings is 1. The van der Waals surface area contributed by atoms with Crippen LogP contribution in [0, 0.1) is 10.1 Å². The minimum atomic E-state index is -0.636. The van der Waals surface area contributed by atoms with Gasteiger partial charge in [-0.3, -0.25) is 14.9 Å². The van der Waals surface area contributed by atoms with E-state index >= 15 is 0 Å². The standard InChI is InChI=1S/C13H17N3O5/c1-15(10-6-14-7-11(10)17)13(18)9-4-3-8(16(19)20)5-12(9)21-2/h3-5,10-11,14,17H,6-7H2,1-2H3/t10-,11-/m0/s1. The summed E-state index contributed by atoms with van der Waals surface area (Å²) in [6, 6.07) is 3.50. The van der Waals surface area contributed by atoms with E-state index in [1.807, 2.05) is 0 Å². The number of nitro groups is 1. The maximum absolute atomic E-state index is 12.5. The van der Waals surface area contributed by atoms with Crippen molar-refractivity contribution in [2.24, 2.45) is 0 Å². The van der Waals surface area contributed by atoms with Gasteiger partial charge in [-0.05, 0) is 6.07 Å². The van der Waals surface area contributed by atoms with Crippen LogP contribution in [-0.4, -0.2) is 60.2 Å². The highest BCUT2D eigenvalue weighted by Gasteiger charge is 2.32. The van der Waals surface area contributed by atoms with Gasteiger partial charge in [-0.25, -0.2) is 0 Å². The lowest BCUT2D eigenvalue weighted by Crippen LogP contribution is -2.44. The fourth-order valence-electron chi connectivity index (χ4n) is 2.36. The summed E-state index contributed by atoms with van der Waals surface area (Å²) in [6.07, 6.45) is -0.636. The molecule has 0 aromatic heterocycles. The number of ether oxygens (including phenoxy) is 1. The summed E-state index contributed by atoms with van der Waals surface area (Å²) in [6.45, 7) is 0.929. The highest BCUT2D eigenvalue weighted by atomic mass is 16.6. The molecule has 8 nitrogen and oxygen atoms in total. The Hall–Kier alpha value is -2.19. The van der Waals surface area contributed by atoms with Crippen molar-refractivity contribution in [1.82, 2.24) is 10.2 Å². The lowest BCUT2D eigenvalue weighted by Gasteiger charge is -2.27. The molecule has 1 saturated heterocycles. The maximum Gasteiger partial charge on any atom is 0.273 e. The second-order valence-electron chi connectivity index (χ2n) is 4.85. The first kappa shape index (κ1) is 15.2. The Morgan fingerprint density at radius 3 is 2.76 bits per heavy atom. The van der Waals surface area contributed by atoms with E-state index in [4.69, 9.17) is 4.74 Å². The van der Waals surface area contributed by atoms with Gasteiger partial charge in [0.1, 0.15) is 5.75 Å². The summed E-state index contributed by atoms with van der Waals surface area (Å²) < 4.78 is 5.07. The van der Waals surface area contributed by atoms with E-state index in [1.54, 1.807) is 7.05 Å². The summed E-state index contributed by atoms with van der Waals surface area (Å²) in [5, 5.41) is 23.6. The average Bonchev–Trinajstić information content (AvgIpc) is 2.91. The first-order chi connectivity index (χ1) is 9.95. The molecule has 0 aliphatic carbocycles. The van der Waals surface area contributed by atoms with Crippen LogP contribution < -0.4 is 10.1 Å². The molecule has 2 atom stereocenters. The van der Waals surface area contributed by atoms with Crippen LogP contribution in [0.5, 0.6) is 5.75 Å². The molecule has 1 aromatic rings. The number of nitrogens with zero attached hydrogens (tertiary/aromatic N) is 2. The molecule has 2 N–H and O–H groups in total. The number of non-ortho nitro benzene ring substituents is 1. The first-order valence-electron chi connectivity index (χ1n) is 6.44. The summed E-state index contributed by atoms with van der Waals surface area (Å²) in [5.41, 5.74) is 0.0818. The Labute approximate surface area is 121 Å². The highest BCUT2D eigenvalue weighted by molar-refractivity contribution is 5.97. The number of methoxy groups -OCH3 is 1. The van der Waals surface area contributed by atoms with Crippen molar-refractivity contribution < 1.29 is 19.6 Å². The molecule has 1 fully saturated rings. The van der Waals surface area contributed by atoms with Crippen molar-refractivity contribution in [1.29, 1.82) is 0 Å². The van der Waals surface area contributed by atoms with Gasteiger partial charge in [0.05, 0.1) is 35.8 Å². The predicted octanol–water partition coefficient (Wildman–Crippen LogP) is 0.00810. The van der Waals surface area contributed by atoms with Gasteiger partial charge in [-0.2, -0.15) is 0 Å². The molecule has 2 rings (SSSR count). The number of likely N-dealkylation sites (N-methyl/N-ethyl adjacent to an activating group) is 1. The molecular weight excluding hydrogens is 278 g/mol. The summed E-state index contributed by atoms with van der Waals surface area (Å²) in [4.78, 5) is 24.1. The number of aliphatic hydroxyl groups is 1. The third-order valence-corrected chi connectivity index (χ3v) is 3.60. The third-order valence-electron chi connectivity index (χ3n) is 3.60. The van der Waals surface area contributed by atoms with E-state index in [0.717, 1.165) is 0 Å². The molecular formula is C13H17N3O5. The number of nitro benzene ring substituents is 1. The number of aliphatic hydroxyl groups excluding tert-OH is 1. The van der Waals surface area contributed by atoms with E-state index in [2.05, 4.69) is 5.32 Å². The van der Waals surface area contributed by atoms with Crippen molar-refractivity contribution in [2.45, 2.75) is 12.1 Å². The van der Waals surface area contributed by atoms with Gasteiger partial charge < -0.3 is 20.1 Å². The molecule has 0 spiro atoms. The van der Waals surface area contributed by atoms with Crippen LogP contribution >= 0.6 is 0 Å². The summed E-state index contributed by atoms with van der Waals surface area (Å²) in [5.74, 6) is -0.212. The molecule has 1 aromatic carbocycles. The molecule has 1 aliphatic heterocycles. The van der Waals surface area contributed by atoms with Gasteiger partial charge in [-0.1, -0.05) is 0 Å². The van der Waals surface area contributed by atoms with Gasteiger partial charge in [0.25, 0.3) is 11.6 Å². The number of rotatable bonds is 4. The zero-order chi connectivity index (χ0) is 15.6. The fraction of sp³-hybridized carbons (Fsp3) is 0.462. The molecule has 0 unspecified atom stereocenters. The van der Waals surface area contributed by atoms with Gasteiger partial charge in [-0.15, -0.1) is 0 Å². The van der Waals surface area contributed by atoms with Gasteiger partial charge >= 0.3 is 0 Å². The van der Waals surface area contributed by atoms with Gasteiger partial charge in [0.15, 0.2) is 0 Å². The number of β-amino-alcohol motifs (C(OH)–C–C–N with tert-alkyl or cyclic N) is 1. The summed E-state index contributed by atoms with van der Waals surface area (Å²) >= 11 is 0. The van der Waals surface area contributed by atoms with E-state index < -0.39 is 11.0 Å². The summed E-state index contributed by atoms with van der Waals surface area (Å²) in [7, 11) is 2.94. The van der Waals surface area contributed by atoms with Crippen molar-refractivity contribution >= 4 is 11.6 Å². The monoisotopic (exact) mass is 295 g/mol. The van der Waals surface area contributed by atoms with Crippen LogP contribution in [0.4, 0.5) is 5.69 Å². The number of amides is 1. The van der Waals surface area contributed by atoms with Crippen LogP contribution in [0.3, 0.4) is 0 Å². The normalized spacial score (nSPS) is 21.1. The highest BCUT2D eigenvalue weighted by Crippen LogP contribution is 2.26. The Kier molecular flexibility index (Phi) is 4.39. The lowest BCUT2D eigenvalue weighted by molar-refractivity contribution is -0.384. The van der Waals surface area contributed by atoms with Crippen LogP contribution in [0.25, 0.3) is 0 Å². The number of hydrogen-bond donors (Lipinski definition) is 2. The van der Waals surface area contributed by atoms with Crippen molar-refractivity contribution in [3.63, 3.8) is 0 Å². The van der Waals surface area contributed by atoms with Crippen molar-refractivity contribution in [3.05, 3.63) is 33.9 Å². The Morgan fingerprint density at radius 1 is 1.52 bits per heavy atom. The topological polar surface area (TPSA) is 105 Å². The fourth-order valence-corrected chi connectivity index (χ4v) is 2.36. The third kappa shape index (κ3) is 2.96. The molecule has 0 saturated carbocycles. The molecule has 0 radical (unpaired) electrons. The van der Waals surface area contributed by atoms with Crippen LogP contribution in [0.1, 0.15) is 10.4 Å². The number of nitrogens with one attached hydrogen (secondary N) is 1. The quantitative estimate of drug-likeness (QED) is 0.599. The van der Waals surface area contributed by atoms with Crippen molar-refractivity contribution in [2.75, 3.05) is 27.2 Å². The molecule has 8 heteroatoms. The van der Waals surface area contributed by atoms with Crippen LogP contribution in [0.2, 0.25) is 0 Å². The Morgan fingerprint density at radius 2 is 2.24 bits per heavy atom. The molecule has 1 heterocycles. The van der Waals surface area contributed by atoms with E-state index in [0.29, 0.717) is 13.1 Å². The van der Waals surface area contributed by atoms with Crippen LogP contribution in [-0.2, 0) is 0 Å². The molecule has 1 aliphatic rings. The van der Waals surface area contributed by atoms with E-state index in [1.165, 1.54) is 30.2 Å². The van der Waals surface area contributed by atoms with Gasteiger partial charge in [0.2, 0.25) is 0 Å². The Balaban J connectivity index is 2.28. The second kappa shape index (κ2) is 6.06. The van der Waals surface area contributed by atoms with Crippen molar-refractivity contribution in [3.8, 4) is 5.75 Å². The van der Waals surface area contributed by atoms with Crippen LogP contribution in [0.15, 0.2) is 18.2 Å². The van der Waals surface area contributed by atoms with E-state index in [9.17, 15) is 20.0 Å². The Bertz CT molecular complexity index is 563. The SMILES string of the molecule is COc1cc([N+](=O)[O-])ccc1C(=O)N(C)[C@H]1CNC[C@@H]1O. The van der Waals surface area contributed by atoms with Gasteiger partial charge in [0, 0.05) is 26.2 Å². The van der Waals surface area contributed by atoms with E-state index in [-0.39, 0.29) is 28.9 Å². The maximum atomic E-state index is 12.5. The predicted molar refractivity (Wildman–Crippen MR) is 74.4 cm³/mol. The molecule has 114 valence electrons. The average molecular weight is 295 g/mol. The smallest absolute Gasteiger partial charge is 0.273 e. The first-order valence-corrected chi connectivity index (χ1v) is 6.44. The minimum absolute atomic E-state index is 0.140.